The topological polar surface area (TPSA) is 63.5 Å². The van der Waals surface area contributed by atoms with Crippen molar-refractivity contribution >= 4 is 50.5 Å². The van der Waals surface area contributed by atoms with Crippen LogP contribution in [0, 0.1) is 10.1 Å². The summed E-state index contributed by atoms with van der Waals surface area (Å²) >= 11 is 10.9. The molecule has 0 saturated heterocycles. The molecular weight excluding hydrogens is 380 g/mol. The molecule has 0 unspecified atom stereocenters. The average Bonchev–Trinajstić information content (AvgIpc) is 2.83. The lowest BCUT2D eigenvalue weighted by atomic mass is 10.2. The fourth-order valence-corrected chi connectivity index (χ4v) is 3.53. The summed E-state index contributed by atoms with van der Waals surface area (Å²) in [4.78, 5) is 25.0. The first-order valence-electron chi connectivity index (χ1n) is 5.82. The molecule has 1 heterocycles. The largest absolute Gasteiger partial charge is 0.337 e. The minimum Gasteiger partial charge on any atom is -0.337 e. The predicted octanol–water partition coefficient (Wildman–Crippen LogP) is 4.34. The lowest BCUT2D eigenvalue weighted by molar-refractivity contribution is -0.384. The van der Waals surface area contributed by atoms with Crippen molar-refractivity contribution < 1.29 is 9.72 Å². The summed E-state index contributed by atoms with van der Waals surface area (Å²) in [6, 6.07) is 7.68. The number of hydrogen-bond donors (Lipinski definition) is 0. The van der Waals surface area contributed by atoms with Crippen LogP contribution in [0.1, 0.15) is 15.2 Å². The van der Waals surface area contributed by atoms with Gasteiger partial charge in [0.2, 0.25) is 0 Å². The molecule has 0 saturated carbocycles. The molecule has 5 nitrogen and oxygen atoms in total. The Morgan fingerprint density at radius 2 is 2.14 bits per heavy atom. The highest BCUT2D eigenvalue weighted by Gasteiger charge is 2.18. The molecule has 0 bridgehead atoms. The highest BCUT2D eigenvalue weighted by Crippen LogP contribution is 2.26. The maximum absolute atomic E-state index is 12.3. The molecule has 2 aromatic rings. The van der Waals surface area contributed by atoms with Crippen molar-refractivity contribution in [3.63, 3.8) is 0 Å². The summed E-state index contributed by atoms with van der Waals surface area (Å²) in [6.07, 6.45) is 0. The monoisotopic (exact) mass is 388 g/mol. The number of nitro benzene ring substituents is 1. The average molecular weight is 390 g/mol. The van der Waals surface area contributed by atoms with Gasteiger partial charge >= 0.3 is 0 Å². The van der Waals surface area contributed by atoms with Gasteiger partial charge in [-0.2, -0.15) is 0 Å². The second kappa shape index (κ2) is 6.55. The Balaban J connectivity index is 2.17. The van der Waals surface area contributed by atoms with Gasteiger partial charge in [0, 0.05) is 24.1 Å². The second-order valence-corrected chi connectivity index (χ2v) is 7.24. The maximum atomic E-state index is 12.3. The zero-order valence-corrected chi connectivity index (χ0v) is 14.0. The molecule has 21 heavy (non-hydrogen) atoms. The molecule has 0 N–H and O–H groups in total. The number of halogens is 2. The summed E-state index contributed by atoms with van der Waals surface area (Å²) < 4.78 is 0.992. The molecule has 0 aliphatic carbocycles. The van der Waals surface area contributed by atoms with Gasteiger partial charge in [-0.25, -0.2) is 0 Å². The zero-order valence-electron chi connectivity index (χ0n) is 10.9. The van der Waals surface area contributed by atoms with E-state index in [0.29, 0.717) is 6.54 Å². The smallest absolute Gasteiger partial charge is 0.270 e. The van der Waals surface area contributed by atoms with E-state index < -0.39 is 4.92 Å². The van der Waals surface area contributed by atoms with E-state index in [9.17, 15) is 14.9 Å². The predicted molar refractivity (Wildman–Crippen MR) is 85.9 cm³/mol. The molecule has 1 amide bonds. The van der Waals surface area contributed by atoms with Crippen molar-refractivity contribution in [2.75, 3.05) is 7.05 Å². The number of hydrogen-bond acceptors (Lipinski definition) is 4. The molecule has 1 aromatic heterocycles. The SMILES string of the molecule is CN(Cc1ccc(Br)s1)C(=O)c1ccc([N+](=O)[O-])cc1Cl. The summed E-state index contributed by atoms with van der Waals surface area (Å²) in [6.45, 7) is 0.447. The molecule has 1 aromatic carbocycles. The first-order chi connectivity index (χ1) is 9.88. The van der Waals surface area contributed by atoms with Crippen molar-refractivity contribution in [2.45, 2.75) is 6.54 Å². The Labute approximate surface area is 138 Å². The van der Waals surface area contributed by atoms with E-state index in [4.69, 9.17) is 11.6 Å². The molecular formula is C13H10BrClN2O3S. The molecule has 0 atom stereocenters. The Morgan fingerprint density at radius 1 is 1.43 bits per heavy atom. The molecule has 0 fully saturated rings. The lowest BCUT2D eigenvalue weighted by Crippen LogP contribution is -2.26. The Morgan fingerprint density at radius 3 is 2.67 bits per heavy atom. The standard InChI is InChI=1S/C13H10BrClN2O3S/c1-16(7-9-3-5-12(14)21-9)13(18)10-4-2-8(17(19)20)6-11(10)15/h2-6H,7H2,1H3. The van der Waals surface area contributed by atoms with Gasteiger partial charge in [-0.05, 0) is 34.1 Å². The van der Waals surface area contributed by atoms with Gasteiger partial charge in [-0.15, -0.1) is 11.3 Å². The third-order valence-corrected chi connectivity index (χ3v) is 4.68. The van der Waals surface area contributed by atoms with E-state index >= 15 is 0 Å². The van der Waals surface area contributed by atoms with Gasteiger partial charge in [0.25, 0.3) is 11.6 Å². The Hall–Kier alpha value is -1.44. The van der Waals surface area contributed by atoms with Gasteiger partial charge in [0.15, 0.2) is 0 Å². The number of amides is 1. The molecule has 0 aliphatic rings. The Bertz CT molecular complexity index is 704. The number of carbonyl (C=O) groups excluding carboxylic acids is 1. The molecule has 8 heteroatoms. The number of nitrogens with zero attached hydrogens (tertiary/aromatic N) is 2. The number of rotatable bonds is 4. The molecule has 2 rings (SSSR count). The number of thiophene rings is 1. The third kappa shape index (κ3) is 3.81. The van der Waals surface area contributed by atoms with E-state index in [1.807, 2.05) is 12.1 Å². The van der Waals surface area contributed by atoms with E-state index in [2.05, 4.69) is 15.9 Å². The number of benzene rings is 1. The fraction of sp³-hybridized carbons (Fsp3) is 0.154. The van der Waals surface area contributed by atoms with Crippen LogP contribution in [-0.2, 0) is 6.54 Å². The van der Waals surface area contributed by atoms with Crippen molar-refractivity contribution in [3.05, 3.63) is 59.7 Å². The van der Waals surface area contributed by atoms with Crippen LogP contribution in [-0.4, -0.2) is 22.8 Å². The number of nitro groups is 1. The summed E-state index contributed by atoms with van der Waals surface area (Å²) in [5.41, 5.74) is 0.113. The van der Waals surface area contributed by atoms with Crippen molar-refractivity contribution in [2.24, 2.45) is 0 Å². The third-order valence-electron chi connectivity index (χ3n) is 2.76. The highest BCUT2D eigenvalue weighted by molar-refractivity contribution is 9.11. The highest BCUT2D eigenvalue weighted by atomic mass is 79.9. The van der Waals surface area contributed by atoms with E-state index in [1.54, 1.807) is 7.05 Å². The van der Waals surface area contributed by atoms with Crippen LogP contribution in [0.5, 0.6) is 0 Å². The zero-order chi connectivity index (χ0) is 15.6. The van der Waals surface area contributed by atoms with Gasteiger partial charge < -0.3 is 4.90 Å². The first-order valence-corrected chi connectivity index (χ1v) is 7.81. The van der Waals surface area contributed by atoms with Gasteiger partial charge in [0.05, 0.1) is 25.8 Å². The van der Waals surface area contributed by atoms with Crippen LogP contribution in [0.3, 0.4) is 0 Å². The number of carbonyl (C=O) groups is 1. The van der Waals surface area contributed by atoms with E-state index in [0.717, 1.165) is 8.66 Å². The van der Waals surface area contributed by atoms with Crippen LogP contribution < -0.4 is 0 Å². The Kier molecular flexibility index (Phi) is 4.97. The molecule has 0 aliphatic heterocycles. The van der Waals surface area contributed by atoms with Crippen molar-refractivity contribution in [3.8, 4) is 0 Å². The van der Waals surface area contributed by atoms with Gasteiger partial charge in [-0.3, -0.25) is 14.9 Å². The second-order valence-electron chi connectivity index (χ2n) is 4.29. The molecule has 0 spiro atoms. The summed E-state index contributed by atoms with van der Waals surface area (Å²) in [5.74, 6) is -0.278. The van der Waals surface area contributed by atoms with Crippen LogP contribution in [0.15, 0.2) is 34.1 Å². The van der Waals surface area contributed by atoms with Crippen LogP contribution >= 0.6 is 38.9 Å². The minimum absolute atomic E-state index is 0.0772. The quantitative estimate of drug-likeness (QED) is 0.577. The van der Waals surface area contributed by atoms with Crippen LogP contribution in [0.25, 0.3) is 0 Å². The lowest BCUT2D eigenvalue weighted by Gasteiger charge is -2.16. The van der Waals surface area contributed by atoms with Crippen molar-refractivity contribution in [1.29, 1.82) is 0 Å². The van der Waals surface area contributed by atoms with Crippen LogP contribution in [0.4, 0.5) is 5.69 Å². The molecule has 110 valence electrons. The first kappa shape index (κ1) is 15.9. The minimum atomic E-state index is -0.549. The van der Waals surface area contributed by atoms with Gasteiger partial charge in [-0.1, -0.05) is 11.6 Å². The van der Waals surface area contributed by atoms with Gasteiger partial charge in [0.1, 0.15) is 0 Å². The molecule has 0 radical (unpaired) electrons. The fourth-order valence-electron chi connectivity index (χ4n) is 1.74. The summed E-state index contributed by atoms with van der Waals surface area (Å²) in [7, 11) is 1.66. The number of non-ortho nitro benzene ring substituents is 1. The normalized spacial score (nSPS) is 10.4. The van der Waals surface area contributed by atoms with E-state index in [1.165, 1.54) is 34.4 Å². The van der Waals surface area contributed by atoms with E-state index in [-0.39, 0.29) is 22.2 Å². The summed E-state index contributed by atoms with van der Waals surface area (Å²) in [5, 5.41) is 10.7. The maximum Gasteiger partial charge on any atom is 0.270 e. The van der Waals surface area contributed by atoms with Crippen LogP contribution in [0.2, 0.25) is 5.02 Å². The van der Waals surface area contributed by atoms with Crippen molar-refractivity contribution in [1.82, 2.24) is 4.90 Å².